The van der Waals surface area contributed by atoms with Crippen molar-refractivity contribution in [3.8, 4) is 11.4 Å². The zero-order chi connectivity index (χ0) is 14.1. The topological polar surface area (TPSA) is 56.7 Å². The number of fused-ring (bicyclic) bond motifs is 1. The van der Waals surface area contributed by atoms with Crippen molar-refractivity contribution in [2.45, 2.75) is 20.0 Å². The van der Waals surface area contributed by atoms with Crippen LogP contribution in [0.1, 0.15) is 12.5 Å². The maximum Gasteiger partial charge on any atom is 0.152 e. The van der Waals surface area contributed by atoms with Crippen molar-refractivity contribution >= 4 is 11.0 Å². The summed E-state index contributed by atoms with van der Waals surface area (Å²) in [7, 11) is 0. The van der Waals surface area contributed by atoms with Crippen molar-refractivity contribution < 1.29 is 4.39 Å². The number of hydrogen-bond acceptors (Lipinski definition) is 3. The van der Waals surface area contributed by atoms with E-state index in [0.717, 1.165) is 23.1 Å². The van der Waals surface area contributed by atoms with Gasteiger partial charge in [0.15, 0.2) is 5.82 Å². The molecule has 20 heavy (non-hydrogen) atoms. The lowest BCUT2D eigenvalue weighted by Crippen LogP contribution is -1.99. The smallest absolute Gasteiger partial charge is 0.152 e. The van der Waals surface area contributed by atoms with Gasteiger partial charge in [0.2, 0.25) is 0 Å². The van der Waals surface area contributed by atoms with Crippen LogP contribution in [0.3, 0.4) is 0 Å². The van der Waals surface area contributed by atoms with Gasteiger partial charge in [-0.05, 0) is 30.7 Å². The van der Waals surface area contributed by atoms with Crippen LogP contribution in [-0.2, 0) is 13.1 Å². The van der Waals surface area contributed by atoms with Crippen LogP contribution in [0.5, 0.6) is 0 Å². The molecule has 2 heterocycles. The molecule has 3 rings (SSSR count). The van der Waals surface area contributed by atoms with E-state index in [4.69, 9.17) is 5.73 Å². The number of benzene rings is 1. The predicted octanol–water partition coefficient (Wildman–Crippen LogP) is 2.72. The van der Waals surface area contributed by atoms with Crippen LogP contribution in [-0.4, -0.2) is 14.5 Å². The molecule has 2 N–H and O–H groups in total. The minimum absolute atomic E-state index is 0.364. The van der Waals surface area contributed by atoms with Crippen molar-refractivity contribution in [2.75, 3.05) is 0 Å². The molecule has 4 nitrogen and oxygen atoms in total. The van der Waals surface area contributed by atoms with Crippen molar-refractivity contribution in [2.24, 2.45) is 5.73 Å². The maximum absolute atomic E-state index is 13.9. The molecule has 0 bridgehead atoms. The van der Waals surface area contributed by atoms with Gasteiger partial charge in [0.05, 0.1) is 22.8 Å². The highest BCUT2D eigenvalue weighted by atomic mass is 19.1. The molecule has 102 valence electrons. The quantitative estimate of drug-likeness (QED) is 0.796. The lowest BCUT2D eigenvalue weighted by atomic mass is 10.2. The van der Waals surface area contributed by atoms with E-state index in [1.54, 1.807) is 12.3 Å². The highest BCUT2D eigenvalue weighted by molar-refractivity contribution is 5.81. The van der Waals surface area contributed by atoms with Crippen molar-refractivity contribution in [1.82, 2.24) is 14.5 Å². The zero-order valence-electron chi connectivity index (χ0n) is 11.2. The fraction of sp³-hybridized carbons (Fsp3) is 0.200. The third-order valence-corrected chi connectivity index (χ3v) is 3.38. The van der Waals surface area contributed by atoms with Gasteiger partial charge >= 0.3 is 0 Å². The van der Waals surface area contributed by atoms with Gasteiger partial charge in [-0.2, -0.15) is 0 Å². The lowest BCUT2D eigenvalue weighted by Gasteiger charge is -2.06. The second-order valence-electron chi connectivity index (χ2n) is 4.56. The average Bonchev–Trinajstić information content (AvgIpc) is 2.84. The summed E-state index contributed by atoms with van der Waals surface area (Å²) in [6.07, 6.45) is 2.78. The summed E-state index contributed by atoms with van der Waals surface area (Å²) in [4.78, 5) is 8.34. The van der Waals surface area contributed by atoms with Gasteiger partial charge in [-0.1, -0.05) is 6.07 Å². The van der Waals surface area contributed by atoms with E-state index >= 15 is 0 Å². The second kappa shape index (κ2) is 5.02. The van der Waals surface area contributed by atoms with Crippen LogP contribution in [0.15, 0.2) is 36.7 Å². The zero-order valence-corrected chi connectivity index (χ0v) is 11.2. The number of nitrogens with two attached hydrogens (primary N) is 1. The van der Waals surface area contributed by atoms with Gasteiger partial charge in [-0.25, -0.2) is 9.37 Å². The summed E-state index contributed by atoms with van der Waals surface area (Å²) >= 11 is 0. The Kier molecular flexibility index (Phi) is 3.20. The Bertz CT molecular complexity index is 764. The molecule has 2 aromatic heterocycles. The molecular weight excluding hydrogens is 255 g/mol. The lowest BCUT2D eigenvalue weighted by molar-refractivity contribution is 0.621. The molecule has 0 amide bonds. The van der Waals surface area contributed by atoms with Crippen LogP contribution in [0.4, 0.5) is 4.39 Å². The largest absolute Gasteiger partial charge is 0.326 e. The van der Waals surface area contributed by atoms with Gasteiger partial charge in [0, 0.05) is 19.3 Å². The van der Waals surface area contributed by atoms with E-state index in [0.29, 0.717) is 17.9 Å². The van der Waals surface area contributed by atoms with Gasteiger partial charge in [-0.15, -0.1) is 0 Å². The molecular formula is C15H15FN4. The van der Waals surface area contributed by atoms with Gasteiger partial charge in [-0.3, -0.25) is 4.98 Å². The molecule has 0 spiro atoms. The van der Waals surface area contributed by atoms with E-state index in [-0.39, 0.29) is 5.82 Å². The fourth-order valence-electron chi connectivity index (χ4n) is 2.38. The summed E-state index contributed by atoms with van der Waals surface area (Å²) in [5.41, 5.74) is 8.95. The molecule has 0 fully saturated rings. The number of nitrogens with zero attached hydrogens (tertiary/aromatic N) is 3. The van der Waals surface area contributed by atoms with Gasteiger partial charge in [0.1, 0.15) is 5.82 Å². The predicted molar refractivity (Wildman–Crippen MR) is 76.5 cm³/mol. The summed E-state index contributed by atoms with van der Waals surface area (Å²) < 4.78 is 15.9. The molecule has 0 radical (unpaired) electrons. The Morgan fingerprint density at radius 3 is 2.85 bits per heavy atom. The number of hydrogen-bond donors (Lipinski definition) is 1. The van der Waals surface area contributed by atoms with E-state index < -0.39 is 0 Å². The molecule has 0 aliphatic heterocycles. The molecule has 0 saturated carbocycles. The summed E-state index contributed by atoms with van der Waals surface area (Å²) in [5.74, 6) is 0.258. The minimum Gasteiger partial charge on any atom is -0.326 e. The number of imidazole rings is 1. The maximum atomic E-state index is 13.9. The SMILES string of the molecule is CCn1c(-c2ccncc2F)nc2cc(CN)ccc21. The van der Waals surface area contributed by atoms with Gasteiger partial charge in [0.25, 0.3) is 0 Å². The molecule has 1 aromatic carbocycles. The molecule has 0 aliphatic carbocycles. The second-order valence-corrected chi connectivity index (χ2v) is 4.56. The van der Waals surface area contributed by atoms with Crippen LogP contribution in [0.25, 0.3) is 22.4 Å². The number of halogens is 1. The summed E-state index contributed by atoms with van der Waals surface area (Å²) in [6, 6.07) is 7.55. The number of aromatic nitrogens is 3. The molecule has 0 atom stereocenters. The van der Waals surface area contributed by atoms with E-state index in [9.17, 15) is 4.39 Å². The van der Waals surface area contributed by atoms with Crippen molar-refractivity contribution in [3.63, 3.8) is 0 Å². The van der Waals surface area contributed by atoms with Crippen LogP contribution in [0, 0.1) is 5.82 Å². The Hall–Kier alpha value is -2.27. The van der Waals surface area contributed by atoms with Gasteiger partial charge < -0.3 is 10.3 Å². The molecule has 0 saturated heterocycles. The molecule has 3 aromatic rings. The normalized spacial score (nSPS) is 11.2. The first-order valence-electron chi connectivity index (χ1n) is 6.53. The highest BCUT2D eigenvalue weighted by Crippen LogP contribution is 2.26. The van der Waals surface area contributed by atoms with Crippen LogP contribution < -0.4 is 5.73 Å². The summed E-state index contributed by atoms with van der Waals surface area (Å²) in [6.45, 7) is 3.20. The third kappa shape index (κ3) is 1.96. The van der Waals surface area contributed by atoms with Crippen LogP contribution >= 0.6 is 0 Å². The summed E-state index contributed by atoms with van der Waals surface area (Å²) in [5, 5.41) is 0. The first-order valence-corrected chi connectivity index (χ1v) is 6.53. The standard InChI is InChI=1S/C15H15FN4/c1-2-20-14-4-3-10(8-17)7-13(14)19-15(20)11-5-6-18-9-12(11)16/h3-7,9H,2,8,17H2,1H3. The minimum atomic E-state index is -0.364. The molecule has 0 aliphatic rings. The molecule has 5 heteroatoms. The van der Waals surface area contributed by atoms with E-state index in [2.05, 4.69) is 9.97 Å². The van der Waals surface area contributed by atoms with Crippen LogP contribution in [0.2, 0.25) is 0 Å². The van der Waals surface area contributed by atoms with Crippen molar-refractivity contribution in [1.29, 1.82) is 0 Å². The Balaban J connectivity index is 2.28. The number of rotatable bonds is 3. The van der Waals surface area contributed by atoms with E-state index in [1.165, 1.54) is 6.20 Å². The molecule has 0 unspecified atom stereocenters. The third-order valence-electron chi connectivity index (χ3n) is 3.38. The Morgan fingerprint density at radius 2 is 2.15 bits per heavy atom. The Morgan fingerprint density at radius 1 is 1.30 bits per heavy atom. The van der Waals surface area contributed by atoms with Crippen molar-refractivity contribution in [3.05, 3.63) is 48.0 Å². The average molecular weight is 270 g/mol. The first-order chi connectivity index (χ1) is 9.74. The number of aryl methyl sites for hydroxylation is 1. The van der Waals surface area contributed by atoms with E-state index in [1.807, 2.05) is 29.7 Å². The monoisotopic (exact) mass is 270 g/mol. The Labute approximate surface area is 116 Å². The number of pyridine rings is 1. The highest BCUT2D eigenvalue weighted by Gasteiger charge is 2.14. The first kappa shape index (κ1) is 12.7. The fourth-order valence-corrected chi connectivity index (χ4v) is 2.38.